The van der Waals surface area contributed by atoms with E-state index in [1.54, 1.807) is 0 Å². The normalized spacial score (nSPS) is 18.5. The van der Waals surface area contributed by atoms with Gasteiger partial charge in [0.15, 0.2) is 0 Å². The first-order valence-electron chi connectivity index (χ1n) is 6.32. The number of rotatable bonds is 5. The first-order valence-corrected chi connectivity index (χ1v) is 6.32. The van der Waals surface area contributed by atoms with Gasteiger partial charge in [0.05, 0.1) is 0 Å². The molecule has 1 aliphatic carbocycles. The molecule has 1 rings (SSSR count). The standard InChI is InChI=1S/C12H23N3O2/c1-10(16)15-12(6-4-3-5-7-12)11(17)14-9-8-13-2/h13H,3-9H2,1-2H3,(H,14,17)(H,15,16). The molecule has 3 N–H and O–H groups in total. The summed E-state index contributed by atoms with van der Waals surface area (Å²) in [6.07, 6.45) is 4.64. The maximum Gasteiger partial charge on any atom is 0.245 e. The van der Waals surface area contributed by atoms with Crippen molar-refractivity contribution >= 4 is 11.8 Å². The predicted molar refractivity (Wildman–Crippen MR) is 66.6 cm³/mol. The van der Waals surface area contributed by atoms with E-state index < -0.39 is 5.54 Å². The lowest BCUT2D eigenvalue weighted by molar-refractivity contribution is -0.134. The number of hydrogen-bond acceptors (Lipinski definition) is 3. The molecule has 98 valence electrons. The Bertz CT molecular complexity index is 273. The fourth-order valence-corrected chi connectivity index (χ4v) is 2.37. The van der Waals surface area contributed by atoms with Gasteiger partial charge in [0.2, 0.25) is 11.8 Å². The molecule has 0 radical (unpaired) electrons. The van der Waals surface area contributed by atoms with Gasteiger partial charge in [-0.2, -0.15) is 0 Å². The van der Waals surface area contributed by atoms with Crippen LogP contribution < -0.4 is 16.0 Å². The maximum atomic E-state index is 12.2. The fraction of sp³-hybridized carbons (Fsp3) is 0.833. The molecule has 1 aliphatic rings. The van der Waals surface area contributed by atoms with Gasteiger partial charge in [-0.05, 0) is 19.9 Å². The van der Waals surface area contributed by atoms with E-state index in [0.29, 0.717) is 6.54 Å². The summed E-state index contributed by atoms with van der Waals surface area (Å²) < 4.78 is 0. The van der Waals surface area contributed by atoms with Gasteiger partial charge in [-0.15, -0.1) is 0 Å². The zero-order valence-corrected chi connectivity index (χ0v) is 10.8. The summed E-state index contributed by atoms with van der Waals surface area (Å²) >= 11 is 0. The summed E-state index contributed by atoms with van der Waals surface area (Å²) in [5.41, 5.74) is -0.669. The van der Waals surface area contributed by atoms with Gasteiger partial charge in [0, 0.05) is 20.0 Å². The highest BCUT2D eigenvalue weighted by atomic mass is 16.2. The molecule has 17 heavy (non-hydrogen) atoms. The second-order valence-electron chi connectivity index (χ2n) is 4.68. The summed E-state index contributed by atoms with van der Waals surface area (Å²) in [5, 5.41) is 8.71. The molecule has 0 aliphatic heterocycles. The van der Waals surface area contributed by atoms with Crippen molar-refractivity contribution in [2.75, 3.05) is 20.1 Å². The van der Waals surface area contributed by atoms with Crippen molar-refractivity contribution in [3.8, 4) is 0 Å². The van der Waals surface area contributed by atoms with Crippen LogP contribution in [-0.2, 0) is 9.59 Å². The Morgan fingerprint density at radius 2 is 1.76 bits per heavy atom. The molecule has 0 atom stereocenters. The van der Waals surface area contributed by atoms with Crippen LogP contribution in [0.1, 0.15) is 39.0 Å². The molecule has 0 aromatic carbocycles. The van der Waals surface area contributed by atoms with Crippen molar-refractivity contribution in [1.29, 1.82) is 0 Å². The van der Waals surface area contributed by atoms with E-state index in [0.717, 1.165) is 38.6 Å². The van der Waals surface area contributed by atoms with E-state index in [1.807, 2.05) is 7.05 Å². The summed E-state index contributed by atoms with van der Waals surface area (Å²) in [6.45, 7) is 2.80. The van der Waals surface area contributed by atoms with Crippen LogP contribution in [0, 0.1) is 0 Å². The van der Waals surface area contributed by atoms with E-state index in [1.165, 1.54) is 6.92 Å². The Balaban J connectivity index is 2.61. The van der Waals surface area contributed by atoms with E-state index >= 15 is 0 Å². The molecule has 5 heteroatoms. The summed E-state index contributed by atoms with van der Waals surface area (Å²) in [5.74, 6) is -0.168. The molecule has 0 saturated heterocycles. The maximum absolute atomic E-state index is 12.2. The minimum absolute atomic E-state index is 0.0392. The van der Waals surface area contributed by atoms with Gasteiger partial charge in [-0.1, -0.05) is 19.3 Å². The molecule has 0 spiro atoms. The lowest BCUT2D eigenvalue weighted by Crippen LogP contribution is -2.59. The molecule has 1 fully saturated rings. The monoisotopic (exact) mass is 241 g/mol. The third kappa shape index (κ3) is 4.00. The van der Waals surface area contributed by atoms with Gasteiger partial charge >= 0.3 is 0 Å². The van der Waals surface area contributed by atoms with Crippen LogP contribution in [0.5, 0.6) is 0 Å². The van der Waals surface area contributed by atoms with Gasteiger partial charge in [0.1, 0.15) is 5.54 Å². The Labute approximate surface area is 103 Å². The number of hydrogen-bond donors (Lipinski definition) is 3. The number of likely N-dealkylation sites (N-methyl/N-ethyl adjacent to an activating group) is 1. The van der Waals surface area contributed by atoms with Crippen molar-refractivity contribution in [2.45, 2.75) is 44.6 Å². The van der Waals surface area contributed by atoms with Crippen molar-refractivity contribution in [2.24, 2.45) is 0 Å². The minimum Gasteiger partial charge on any atom is -0.353 e. The zero-order valence-electron chi connectivity index (χ0n) is 10.8. The van der Waals surface area contributed by atoms with E-state index in [9.17, 15) is 9.59 Å². The van der Waals surface area contributed by atoms with Crippen molar-refractivity contribution in [1.82, 2.24) is 16.0 Å². The van der Waals surface area contributed by atoms with Crippen molar-refractivity contribution in [3.05, 3.63) is 0 Å². The fourth-order valence-electron chi connectivity index (χ4n) is 2.37. The minimum atomic E-state index is -0.669. The van der Waals surface area contributed by atoms with E-state index in [2.05, 4.69) is 16.0 Å². The molecule has 0 aromatic rings. The quantitative estimate of drug-likeness (QED) is 0.601. The second kappa shape index (κ2) is 6.59. The van der Waals surface area contributed by atoms with Crippen LogP contribution in [0.25, 0.3) is 0 Å². The Morgan fingerprint density at radius 3 is 2.29 bits per heavy atom. The molecule has 5 nitrogen and oxygen atoms in total. The van der Waals surface area contributed by atoms with E-state index in [4.69, 9.17) is 0 Å². The molecule has 0 heterocycles. The third-order valence-corrected chi connectivity index (χ3v) is 3.22. The van der Waals surface area contributed by atoms with Gasteiger partial charge in [-0.25, -0.2) is 0 Å². The SMILES string of the molecule is CNCCNC(=O)C1(NC(C)=O)CCCCC1. The first-order chi connectivity index (χ1) is 8.10. The highest BCUT2D eigenvalue weighted by molar-refractivity contribution is 5.91. The number of carbonyl (C=O) groups excluding carboxylic acids is 2. The Hall–Kier alpha value is -1.10. The molecule has 2 amide bonds. The van der Waals surface area contributed by atoms with Crippen molar-refractivity contribution < 1.29 is 9.59 Å². The molecular weight excluding hydrogens is 218 g/mol. The average Bonchev–Trinajstić information content (AvgIpc) is 2.29. The molecular formula is C12H23N3O2. The molecule has 0 aromatic heterocycles. The summed E-state index contributed by atoms with van der Waals surface area (Å²) in [6, 6.07) is 0. The van der Waals surface area contributed by atoms with Gasteiger partial charge in [0.25, 0.3) is 0 Å². The number of carbonyl (C=O) groups is 2. The smallest absolute Gasteiger partial charge is 0.245 e. The summed E-state index contributed by atoms with van der Waals surface area (Å²) in [4.78, 5) is 23.4. The van der Waals surface area contributed by atoms with Gasteiger partial charge in [-0.3, -0.25) is 9.59 Å². The summed E-state index contributed by atoms with van der Waals surface area (Å²) in [7, 11) is 1.84. The number of amides is 2. The largest absolute Gasteiger partial charge is 0.353 e. The zero-order chi connectivity index (χ0) is 12.7. The topological polar surface area (TPSA) is 70.2 Å². The lowest BCUT2D eigenvalue weighted by atomic mass is 9.80. The molecule has 1 saturated carbocycles. The van der Waals surface area contributed by atoms with Crippen LogP contribution in [-0.4, -0.2) is 37.5 Å². The highest BCUT2D eigenvalue weighted by Crippen LogP contribution is 2.28. The highest BCUT2D eigenvalue weighted by Gasteiger charge is 2.39. The van der Waals surface area contributed by atoms with Crippen molar-refractivity contribution in [3.63, 3.8) is 0 Å². The van der Waals surface area contributed by atoms with Crippen LogP contribution in [0.2, 0.25) is 0 Å². The van der Waals surface area contributed by atoms with Gasteiger partial charge < -0.3 is 16.0 Å². The number of nitrogens with one attached hydrogen (secondary N) is 3. The van der Waals surface area contributed by atoms with Crippen LogP contribution >= 0.6 is 0 Å². The predicted octanol–water partition coefficient (Wildman–Crippen LogP) is 0.161. The van der Waals surface area contributed by atoms with Crippen LogP contribution in [0.4, 0.5) is 0 Å². The lowest BCUT2D eigenvalue weighted by Gasteiger charge is -2.36. The Morgan fingerprint density at radius 1 is 1.12 bits per heavy atom. The third-order valence-electron chi connectivity index (χ3n) is 3.22. The molecule has 0 unspecified atom stereocenters. The first kappa shape index (κ1) is 14.0. The average molecular weight is 241 g/mol. The second-order valence-corrected chi connectivity index (χ2v) is 4.68. The van der Waals surface area contributed by atoms with Crippen LogP contribution in [0.15, 0.2) is 0 Å². The molecule has 0 bridgehead atoms. The van der Waals surface area contributed by atoms with E-state index in [-0.39, 0.29) is 11.8 Å². The van der Waals surface area contributed by atoms with Crippen LogP contribution in [0.3, 0.4) is 0 Å². The Kier molecular flexibility index (Phi) is 5.41.